The van der Waals surface area contributed by atoms with Crippen LogP contribution < -0.4 is 5.73 Å². The van der Waals surface area contributed by atoms with E-state index in [9.17, 15) is 0 Å². The summed E-state index contributed by atoms with van der Waals surface area (Å²) >= 11 is 0. The number of hydrogen-bond acceptors (Lipinski definition) is 3. The lowest BCUT2D eigenvalue weighted by molar-refractivity contribution is 1.30. The van der Waals surface area contributed by atoms with Crippen LogP contribution in [0.1, 0.15) is 5.56 Å². The molecule has 0 atom stereocenters. The van der Waals surface area contributed by atoms with E-state index in [1.54, 1.807) is 6.20 Å². The molecule has 0 fully saturated rings. The van der Waals surface area contributed by atoms with Crippen LogP contribution in [0.2, 0.25) is 0 Å². The molecule has 2 aromatic heterocycles. The minimum absolute atomic E-state index is 0.549. The monoisotopic (exact) mass is 159 g/mol. The highest BCUT2D eigenvalue weighted by Gasteiger charge is 1.99. The third-order valence-electron chi connectivity index (χ3n) is 1.77. The van der Waals surface area contributed by atoms with Crippen molar-refractivity contribution in [1.29, 1.82) is 0 Å². The quantitative estimate of drug-likeness (QED) is 0.634. The topological polar surface area (TPSA) is 51.8 Å². The minimum atomic E-state index is 0.549. The molecule has 0 aliphatic rings. The van der Waals surface area contributed by atoms with Crippen LogP contribution in [0, 0.1) is 6.92 Å². The van der Waals surface area contributed by atoms with Crippen LogP contribution in [-0.2, 0) is 0 Å². The zero-order valence-corrected chi connectivity index (χ0v) is 6.78. The van der Waals surface area contributed by atoms with Gasteiger partial charge in [0.1, 0.15) is 5.82 Å². The van der Waals surface area contributed by atoms with Gasteiger partial charge in [0.05, 0.1) is 11.0 Å². The van der Waals surface area contributed by atoms with Gasteiger partial charge in [0.2, 0.25) is 0 Å². The molecule has 2 aromatic rings. The molecule has 0 saturated carbocycles. The summed E-state index contributed by atoms with van der Waals surface area (Å²) in [5, 5.41) is 0. The Hall–Kier alpha value is -1.64. The Morgan fingerprint density at radius 1 is 1.42 bits per heavy atom. The van der Waals surface area contributed by atoms with Crippen molar-refractivity contribution in [1.82, 2.24) is 9.97 Å². The van der Waals surface area contributed by atoms with E-state index < -0.39 is 0 Å². The van der Waals surface area contributed by atoms with Crippen molar-refractivity contribution in [2.24, 2.45) is 0 Å². The Balaban J connectivity index is 2.89. The highest BCUT2D eigenvalue weighted by Crippen LogP contribution is 2.15. The maximum atomic E-state index is 5.59. The first-order valence-corrected chi connectivity index (χ1v) is 3.75. The first-order valence-electron chi connectivity index (χ1n) is 3.75. The zero-order chi connectivity index (χ0) is 8.55. The van der Waals surface area contributed by atoms with Crippen molar-refractivity contribution in [3.63, 3.8) is 0 Å². The molecule has 60 valence electrons. The number of pyridine rings is 2. The second-order valence-corrected chi connectivity index (χ2v) is 2.74. The lowest BCUT2D eigenvalue weighted by Gasteiger charge is -2.00. The summed E-state index contributed by atoms with van der Waals surface area (Å²) in [7, 11) is 0. The standard InChI is InChI=1S/C9H9N3/c1-6-5-8(10)12-7-3-2-4-11-9(6)7/h2-5H,1H3,(H2,10,12). The SMILES string of the molecule is Cc1cc(N)nc2cccnc12. The first-order chi connectivity index (χ1) is 5.77. The van der Waals surface area contributed by atoms with Crippen molar-refractivity contribution in [2.45, 2.75) is 6.92 Å². The van der Waals surface area contributed by atoms with E-state index in [0.717, 1.165) is 16.6 Å². The van der Waals surface area contributed by atoms with Crippen LogP contribution in [-0.4, -0.2) is 9.97 Å². The average molecular weight is 159 g/mol. The molecular formula is C9H9N3. The number of nitrogens with two attached hydrogens (primary N) is 1. The molecule has 0 unspecified atom stereocenters. The van der Waals surface area contributed by atoms with E-state index in [4.69, 9.17) is 5.73 Å². The average Bonchev–Trinajstić information content (AvgIpc) is 2.04. The van der Waals surface area contributed by atoms with Crippen molar-refractivity contribution < 1.29 is 0 Å². The van der Waals surface area contributed by atoms with Gasteiger partial charge in [-0.25, -0.2) is 4.98 Å². The Labute approximate surface area is 70.3 Å². The highest BCUT2D eigenvalue weighted by atomic mass is 14.8. The Morgan fingerprint density at radius 3 is 3.08 bits per heavy atom. The largest absolute Gasteiger partial charge is 0.384 e. The van der Waals surface area contributed by atoms with E-state index in [1.807, 2.05) is 25.1 Å². The molecular weight excluding hydrogens is 150 g/mol. The minimum Gasteiger partial charge on any atom is -0.384 e. The van der Waals surface area contributed by atoms with Gasteiger partial charge in [0, 0.05) is 6.20 Å². The first kappa shape index (κ1) is 7.03. The summed E-state index contributed by atoms with van der Waals surface area (Å²) in [5.41, 5.74) is 8.43. The number of anilines is 1. The van der Waals surface area contributed by atoms with Gasteiger partial charge in [-0.05, 0) is 30.7 Å². The van der Waals surface area contributed by atoms with Gasteiger partial charge in [0.15, 0.2) is 0 Å². The molecule has 0 aliphatic heterocycles. The molecule has 3 heteroatoms. The van der Waals surface area contributed by atoms with E-state index in [1.165, 1.54) is 0 Å². The Bertz CT molecular complexity index is 423. The molecule has 3 nitrogen and oxygen atoms in total. The van der Waals surface area contributed by atoms with Crippen LogP contribution in [0.5, 0.6) is 0 Å². The van der Waals surface area contributed by atoms with Crippen LogP contribution in [0.3, 0.4) is 0 Å². The third kappa shape index (κ3) is 0.993. The summed E-state index contributed by atoms with van der Waals surface area (Å²) in [4.78, 5) is 8.36. The van der Waals surface area contributed by atoms with Crippen LogP contribution in [0.15, 0.2) is 24.4 Å². The van der Waals surface area contributed by atoms with Crippen LogP contribution in [0.4, 0.5) is 5.82 Å². The van der Waals surface area contributed by atoms with Crippen molar-refractivity contribution in [2.75, 3.05) is 5.73 Å². The number of nitrogens with zero attached hydrogens (tertiary/aromatic N) is 2. The fourth-order valence-corrected chi connectivity index (χ4v) is 1.25. The number of fused-ring (bicyclic) bond motifs is 1. The Morgan fingerprint density at radius 2 is 2.25 bits per heavy atom. The maximum Gasteiger partial charge on any atom is 0.124 e. The molecule has 2 N–H and O–H groups in total. The van der Waals surface area contributed by atoms with Crippen molar-refractivity contribution >= 4 is 16.9 Å². The normalized spacial score (nSPS) is 10.4. The maximum absolute atomic E-state index is 5.59. The summed E-state index contributed by atoms with van der Waals surface area (Å²) in [6.07, 6.45) is 1.76. The number of aromatic nitrogens is 2. The lowest BCUT2D eigenvalue weighted by Crippen LogP contribution is -1.93. The summed E-state index contributed by atoms with van der Waals surface area (Å²) in [5.74, 6) is 0.549. The van der Waals surface area contributed by atoms with Crippen LogP contribution >= 0.6 is 0 Å². The van der Waals surface area contributed by atoms with E-state index in [2.05, 4.69) is 9.97 Å². The predicted octanol–water partition coefficient (Wildman–Crippen LogP) is 1.52. The third-order valence-corrected chi connectivity index (χ3v) is 1.77. The predicted molar refractivity (Wildman–Crippen MR) is 48.7 cm³/mol. The van der Waals surface area contributed by atoms with Crippen LogP contribution in [0.25, 0.3) is 11.0 Å². The van der Waals surface area contributed by atoms with Gasteiger partial charge >= 0.3 is 0 Å². The molecule has 0 aliphatic carbocycles. The number of aryl methyl sites for hydroxylation is 1. The molecule has 0 bridgehead atoms. The Kier molecular flexibility index (Phi) is 1.43. The smallest absolute Gasteiger partial charge is 0.124 e. The lowest BCUT2D eigenvalue weighted by atomic mass is 10.2. The van der Waals surface area contributed by atoms with E-state index in [-0.39, 0.29) is 0 Å². The molecule has 2 heterocycles. The van der Waals surface area contributed by atoms with Crippen molar-refractivity contribution in [3.05, 3.63) is 30.0 Å². The molecule has 0 spiro atoms. The van der Waals surface area contributed by atoms with Gasteiger partial charge in [-0.3, -0.25) is 4.98 Å². The molecule has 12 heavy (non-hydrogen) atoms. The van der Waals surface area contributed by atoms with Gasteiger partial charge in [-0.2, -0.15) is 0 Å². The fraction of sp³-hybridized carbons (Fsp3) is 0.111. The summed E-state index contributed by atoms with van der Waals surface area (Å²) in [6, 6.07) is 5.59. The number of hydrogen-bond donors (Lipinski definition) is 1. The second-order valence-electron chi connectivity index (χ2n) is 2.74. The number of nitrogen functional groups attached to an aromatic ring is 1. The molecule has 0 amide bonds. The van der Waals surface area contributed by atoms with Crippen molar-refractivity contribution in [3.8, 4) is 0 Å². The second kappa shape index (κ2) is 2.44. The van der Waals surface area contributed by atoms with E-state index in [0.29, 0.717) is 5.82 Å². The van der Waals surface area contributed by atoms with E-state index >= 15 is 0 Å². The molecule has 0 saturated heterocycles. The fourth-order valence-electron chi connectivity index (χ4n) is 1.25. The molecule has 2 rings (SSSR count). The zero-order valence-electron chi connectivity index (χ0n) is 6.78. The summed E-state index contributed by atoms with van der Waals surface area (Å²) < 4.78 is 0. The molecule has 0 radical (unpaired) electrons. The van der Waals surface area contributed by atoms with Gasteiger partial charge in [-0.15, -0.1) is 0 Å². The molecule has 0 aromatic carbocycles. The van der Waals surface area contributed by atoms with Gasteiger partial charge in [0.25, 0.3) is 0 Å². The van der Waals surface area contributed by atoms with Gasteiger partial charge in [-0.1, -0.05) is 0 Å². The summed E-state index contributed by atoms with van der Waals surface area (Å²) in [6.45, 7) is 1.98. The van der Waals surface area contributed by atoms with Gasteiger partial charge < -0.3 is 5.73 Å². The number of rotatable bonds is 0. The highest BCUT2D eigenvalue weighted by molar-refractivity contribution is 5.79.